The summed E-state index contributed by atoms with van der Waals surface area (Å²) in [6.45, 7) is 3.16. The Kier molecular flexibility index (Phi) is 7.16. The number of aryl methyl sites for hydroxylation is 1. The Labute approximate surface area is 218 Å². The molecule has 8 nitrogen and oxygen atoms in total. The molecule has 5 rings (SSSR count). The number of aromatic nitrogens is 3. The number of fused-ring (bicyclic) bond motifs is 3. The first-order chi connectivity index (χ1) is 18.1. The third-order valence-electron chi connectivity index (χ3n) is 6.16. The zero-order chi connectivity index (χ0) is 25.6. The second kappa shape index (κ2) is 11.0. The number of pyridine rings is 1. The zero-order valence-corrected chi connectivity index (χ0v) is 20.8. The number of nitrogen functional groups attached to an aromatic ring is 1. The fourth-order valence-electron chi connectivity index (χ4n) is 4.36. The summed E-state index contributed by atoms with van der Waals surface area (Å²) in [6, 6.07) is 24.5. The predicted octanol–water partition coefficient (Wildman–Crippen LogP) is 6.62. The van der Waals surface area contributed by atoms with Crippen molar-refractivity contribution < 1.29 is 12.4 Å². The Balaban J connectivity index is 0.00000210. The lowest BCUT2D eigenvalue weighted by atomic mass is 10.2. The fraction of sp³-hybridized carbons (Fsp3) is 0.207. The van der Waals surface area contributed by atoms with Crippen LogP contribution in [-0.2, 0) is 13.0 Å². The van der Waals surface area contributed by atoms with Crippen LogP contribution in [0.3, 0.4) is 0 Å². The largest absolute Gasteiger partial charge is 0.457 e. The number of amides is 2. The van der Waals surface area contributed by atoms with Crippen molar-refractivity contribution in [2.45, 2.75) is 32.7 Å². The van der Waals surface area contributed by atoms with Crippen molar-refractivity contribution in [2.24, 2.45) is 0 Å². The van der Waals surface area contributed by atoms with E-state index in [9.17, 15) is 4.79 Å². The summed E-state index contributed by atoms with van der Waals surface area (Å²) in [5.41, 5.74) is 9.47. The Bertz CT molecular complexity index is 1520. The third-order valence-corrected chi connectivity index (χ3v) is 6.16. The van der Waals surface area contributed by atoms with Gasteiger partial charge in [0.2, 0.25) is 0 Å². The highest BCUT2D eigenvalue weighted by Crippen LogP contribution is 2.29. The van der Waals surface area contributed by atoms with Gasteiger partial charge in [-0.1, -0.05) is 49.7 Å². The quantitative estimate of drug-likeness (QED) is 0.212. The minimum atomic E-state index is -0.276. The minimum Gasteiger partial charge on any atom is -0.457 e. The first-order valence-corrected chi connectivity index (χ1v) is 12.5. The predicted molar refractivity (Wildman–Crippen MR) is 152 cm³/mol. The van der Waals surface area contributed by atoms with Crippen LogP contribution >= 0.6 is 0 Å². The molecule has 0 fully saturated rings. The summed E-state index contributed by atoms with van der Waals surface area (Å²) in [5.74, 6) is 2.84. The number of urea groups is 1. The molecule has 0 spiro atoms. The van der Waals surface area contributed by atoms with Crippen LogP contribution in [-0.4, -0.2) is 27.1 Å². The molecule has 0 saturated heterocycles. The Hall–Kier alpha value is -4.59. The van der Waals surface area contributed by atoms with E-state index in [-0.39, 0.29) is 8.88 Å². The number of para-hydroxylation sites is 2. The topological polar surface area (TPSA) is 107 Å². The smallest absolute Gasteiger partial charge is 0.319 e. The van der Waals surface area contributed by atoms with Crippen LogP contribution in [0.2, 0.25) is 0 Å². The molecule has 2 aromatic heterocycles. The molecule has 8 heteroatoms. The summed E-state index contributed by atoms with van der Waals surface area (Å²) in [6.07, 6.45) is 2.92. The number of hydrogen-bond donors (Lipinski definition) is 3. The highest BCUT2D eigenvalue weighted by molar-refractivity contribution is 6.06. The average molecular weight is 499 g/mol. The maximum atomic E-state index is 12.6. The van der Waals surface area contributed by atoms with E-state index in [2.05, 4.69) is 27.1 Å². The highest BCUT2D eigenvalue weighted by atomic mass is 16.5. The van der Waals surface area contributed by atoms with E-state index < -0.39 is 0 Å². The molecule has 0 radical (unpaired) electrons. The van der Waals surface area contributed by atoms with Gasteiger partial charge in [0.25, 0.3) is 0 Å². The lowest BCUT2D eigenvalue weighted by Crippen LogP contribution is -2.31. The number of hydrogen-bond acceptors (Lipinski definition) is 5. The molecule has 0 bridgehead atoms. The van der Waals surface area contributed by atoms with Crippen LogP contribution in [0.5, 0.6) is 11.5 Å². The van der Waals surface area contributed by atoms with Gasteiger partial charge in [0.1, 0.15) is 22.8 Å². The van der Waals surface area contributed by atoms with Crippen LogP contribution in [0.4, 0.5) is 16.3 Å². The Morgan fingerprint density at radius 3 is 2.49 bits per heavy atom. The zero-order valence-electron chi connectivity index (χ0n) is 20.8. The molecule has 192 valence electrons. The number of anilines is 2. The Morgan fingerprint density at radius 1 is 0.973 bits per heavy atom. The molecule has 0 aliphatic carbocycles. The number of carbonyl (C=O) groups is 1. The summed E-state index contributed by atoms with van der Waals surface area (Å²) in [4.78, 5) is 22.0. The molecule has 0 unspecified atom stereocenters. The maximum absolute atomic E-state index is 12.6. The lowest BCUT2D eigenvalue weighted by Gasteiger charge is -2.13. The van der Waals surface area contributed by atoms with Gasteiger partial charge < -0.3 is 25.7 Å². The van der Waals surface area contributed by atoms with Crippen LogP contribution in [0.1, 0.15) is 28.4 Å². The molecule has 4 N–H and O–H groups in total. The van der Waals surface area contributed by atoms with E-state index in [4.69, 9.17) is 15.5 Å². The van der Waals surface area contributed by atoms with Crippen molar-refractivity contribution in [2.75, 3.05) is 17.6 Å². The number of imidazole rings is 1. The van der Waals surface area contributed by atoms with Gasteiger partial charge in [-0.05, 0) is 48.9 Å². The van der Waals surface area contributed by atoms with E-state index in [0.29, 0.717) is 35.9 Å². The average Bonchev–Trinajstić information content (AvgIpc) is 3.28. The first kappa shape index (κ1) is 24.1. The molecule has 0 atom stereocenters. The number of nitrogens with one attached hydrogen (secondary N) is 2. The van der Waals surface area contributed by atoms with Crippen LogP contribution in [0.15, 0.2) is 78.9 Å². The van der Waals surface area contributed by atoms with E-state index in [1.807, 2.05) is 78.9 Å². The number of nitrogens with zero attached hydrogens (tertiary/aromatic N) is 3. The number of rotatable bonds is 9. The SMILES string of the molecule is CCCCc1nc2c(N)nc3ccccc3c2n1CCNC(=O)Nc1ccc(Oc2ccccc2)cc1.[HH].[HH]. The second-order valence-corrected chi connectivity index (χ2v) is 8.82. The van der Waals surface area contributed by atoms with Crippen molar-refractivity contribution in [1.29, 1.82) is 0 Å². The molecule has 2 amide bonds. The number of carbonyl (C=O) groups excluding carboxylic acids is 1. The third kappa shape index (κ3) is 5.48. The van der Waals surface area contributed by atoms with Crippen molar-refractivity contribution in [3.8, 4) is 11.5 Å². The molecular weight excluding hydrogens is 464 g/mol. The summed E-state index contributed by atoms with van der Waals surface area (Å²) < 4.78 is 7.98. The molecule has 0 aliphatic heterocycles. The fourth-order valence-corrected chi connectivity index (χ4v) is 4.36. The normalized spacial score (nSPS) is 11.1. The first-order valence-electron chi connectivity index (χ1n) is 12.5. The van der Waals surface area contributed by atoms with Gasteiger partial charge in [0, 0.05) is 33.4 Å². The Morgan fingerprint density at radius 2 is 1.70 bits per heavy atom. The van der Waals surface area contributed by atoms with E-state index in [1.165, 1.54) is 0 Å². The van der Waals surface area contributed by atoms with Crippen LogP contribution in [0, 0.1) is 0 Å². The van der Waals surface area contributed by atoms with Gasteiger partial charge in [-0.25, -0.2) is 14.8 Å². The molecule has 5 aromatic rings. The molecule has 37 heavy (non-hydrogen) atoms. The maximum Gasteiger partial charge on any atom is 0.319 e. The van der Waals surface area contributed by atoms with Crippen molar-refractivity contribution in [3.63, 3.8) is 0 Å². The lowest BCUT2D eigenvalue weighted by molar-refractivity contribution is 0.251. The van der Waals surface area contributed by atoms with E-state index in [0.717, 1.165) is 47.3 Å². The van der Waals surface area contributed by atoms with Gasteiger partial charge >= 0.3 is 6.03 Å². The molecule has 3 aromatic carbocycles. The standard InChI is InChI=1S/C29H30N6O2.2H2/c1-2-3-13-25-34-26-27(23-11-7-8-12-24(23)33-28(26)30)35(25)19-18-31-29(36)32-20-14-16-22(17-15-20)37-21-9-5-4-6-10-21;;/h4-12,14-17H,2-3,13,18-19H2,1H3,(H2,30,33)(H2,31,32,36);2*1H. The highest BCUT2D eigenvalue weighted by Gasteiger charge is 2.17. The molecule has 2 heterocycles. The second-order valence-electron chi connectivity index (χ2n) is 8.82. The monoisotopic (exact) mass is 498 g/mol. The van der Waals surface area contributed by atoms with Gasteiger partial charge in [0.05, 0.1) is 11.0 Å². The summed E-state index contributed by atoms with van der Waals surface area (Å²) >= 11 is 0. The summed E-state index contributed by atoms with van der Waals surface area (Å²) in [5, 5.41) is 6.84. The van der Waals surface area contributed by atoms with E-state index in [1.54, 1.807) is 0 Å². The van der Waals surface area contributed by atoms with Crippen molar-refractivity contribution in [3.05, 3.63) is 84.7 Å². The van der Waals surface area contributed by atoms with E-state index >= 15 is 0 Å². The van der Waals surface area contributed by atoms with Crippen LogP contribution in [0.25, 0.3) is 21.9 Å². The van der Waals surface area contributed by atoms with Gasteiger partial charge in [-0.15, -0.1) is 0 Å². The molecular formula is C29H34N6O2. The van der Waals surface area contributed by atoms with Gasteiger partial charge in [-0.2, -0.15) is 0 Å². The molecule has 0 saturated carbocycles. The van der Waals surface area contributed by atoms with Crippen LogP contribution < -0.4 is 21.1 Å². The number of benzene rings is 3. The number of ether oxygens (including phenoxy) is 1. The van der Waals surface area contributed by atoms with Gasteiger partial charge in [0.15, 0.2) is 5.82 Å². The summed E-state index contributed by atoms with van der Waals surface area (Å²) in [7, 11) is 0. The number of nitrogens with two attached hydrogens (primary N) is 1. The van der Waals surface area contributed by atoms with Gasteiger partial charge in [-0.3, -0.25) is 0 Å². The molecule has 0 aliphatic rings. The number of unbranched alkanes of at least 4 members (excludes halogenated alkanes) is 1. The minimum absolute atomic E-state index is 0. The van der Waals surface area contributed by atoms with Crippen molar-refractivity contribution in [1.82, 2.24) is 19.9 Å². The van der Waals surface area contributed by atoms with Crippen molar-refractivity contribution >= 4 is 39.5 Å².